The number of esters is 4. The van der Waals surface area contributed by atoms with Gasteiger partial charge in [0.1, 0.15) is 42.0 Å². The number of hydrogen-bond acceptors (Lipinski definition) is 21. The van der Waals surface area contributed by atoms with Gasteiger partial charge in [-0.2, -0.15) is 0 Å². The second kappa shape index (κ2) is 28.8. The minimum atomic E-state index is -5.79. The van der Waals surface area contributed by atoms with E-state index in [9.17, 15) is 48.5 Å². The summed E-state index contributed by atoms with van der Waals surface area (Å²) in [6, 6.07) is 0. The van der Waals surface area contributed by atoms with Gasteiger partial charge < -0.3 is 70.1 Å². The van der Waals surface area contributed by atoms with Gasteiger partial charge in [-0.1, -0.05) is 96.8 Å². The van der Waals surface area contributed by atoms with E-state index in [1.165, 1.54) is 57.8 Å². The molecule has 390 valence electrons. The number of aliphatic hydroxyl groups is 2. The predicted octanol–water partition coefficient (Wildman–Crippen LogP) is 5.20. The fourth-order valence-electron chi connectivity index (χ4n) is 7.71. The highest BCUT2D eigenvalue weighted by Gasteiger charge is 2.57. The van der Waals surface area contributed by atoms with Gasteiger partial charge in [-0.15, -0.1) is 11.3 Å². The van der Waals surface area contributed by atoms with Crippen LogP contribution in [0.4, 0.5) is 15.1 Å². The lowest BCUT2D eigenvalue weighted by atomic mass is 9.95. The van der Waals surface area contributed by atoms with E-state index in [0.717, 1.165) is 52.9 Å². The Morgan fingerprint density at radius 1 is 0.779 bits per heavy atom. The number of phosphoric acid groups is 1. The first kappa shape index (κ1) is 59.4. The van der Waals surface area contributed by atoms with Crippen molar-refractivity contribution in [3.63, 3.8) is 0 Å². The first-order valence-electron chi connectivity index (χ1n) is 22.6. The maximum Gasteiger partial charge on any atom is 0.481 e. The number of anilines is 2. The third kappa shape index (κ3) is 19.4. The molecule has 2 fully saturated rings. The summed E-state index contributed by atoms with van der Waals surface area (Å²) in [6.07, 6.45) is -2.63. The minimum absolute atomic E-state index is 0.0386. The molecule has 0 spiro atoms. The molecule has 0 bridgehead atoms. The van der Waals surface area contributed by atoms with Crippen molar-refractivity contribution < 1.29 is 94.7 Å². The van der Waals surface area contributed by atoms with Crippen LogP contribution in [-0.2, 0) is 77.3 Å². The highest BCUT2D eigenvalue weighted by atomic mass is 32.5. The molecule has 22 nitrogen and oxygen atoms in total. The van der Waals surface area contributed by atoms with Crippen LogP contribution in [0.1, 0.15) is 152 Å². The summed E-state index contributed by atoms with van der Waals surface area (Å²) in [5, 5.41) is 21.3. The van der Waals surface area contributed by atoms with E-state index in [2.05, 4.69) is 6.92 Å². The van der Waals surface area contributed by atoms with Crippen molar-refractivity contribution in [3.05, 3.63) is 10.4 Å². The summed E-state index contributed by atoms with van der Waals surface area (Å²) in [7, 11) is -5.79. The van der Waals surface area contributed by atoms with Gasteiger partial charge in [0.15, 0.2) is 24.5 Å². The van der Waals surface area contributed by atoms with Crippen LogP contribution in [0.25, 0.3) is 0 Å². The Labute approximate surface area is 404 Å². The SMILES string of the molecule is CCCCCCCCCCCCCCCCCC(=O)OC[C@H](F)C1O[C@@H](OP(=O)(O)OP(O)(=S)OC[C@H]2O[C@@H](c3c(N)sc(C(N)=O)c3N)C(O)[C@H]2O)[C@H](OC(C)=O)C(OC(C)=O)[C@@H]1OC(C)=O. The molecule has 2 aliphatic heterocycles. The summed E-state index contributed by atoms with van der Waals surface area (Å²) < 4.78 is 76.6. The molecule has 0 aromatic carbocycles. The second-order valence-electron chi connectivity index (χ2n) is 16.6. The third-order valence-electron chi connectivity index (χ3n) is 10.9. The first-order valence-corrected chi connectivity index (χ1v) is 27.5. The fraction of sp³-hybridized carbons (Fsp3) is 0.780. The van der Waals surface area contributed by atoms with E-state index in [0.29, 0.717) is 17.8 Å². The lowest BCUT2D eigenvalue weighted by molar-refractivity contribution is -0.296. The van der Waals surface area contributed by atoms with Crippen molar-refractivity contribution in [2.75, 3.05) is 24.7 Å². The molecular formula is C41H68FN3O19P2S2. The maximum absolute atomic E-state index is 16.2. The Kier molecular flexibility index (Phi) is 25.2. The highest BCUT2D eigenvalue weighted by molar-refractivity contribution is 8.08. The number of nitrogen functional groups attached to an aromatic ring is 2. The molecule has 2 saturated heterocycles. The van der Waals surface area contributed by atoms with Crippen LogP contribution in [0.2, 0.25) is 0 Å². The fourth-order valence-corrected chi connectivity index (χ4v) is 11.7. The molecule has 0 saturated carbocycles. The Balaban J connectivity index is 1.63. The van der Waals surface area contributed by atoms with Gasteiger partial charge in [0.2, 0.25) is 6.29 Å². The summed E-state index contributed by atoms with van der Waals surface area (Å²) in [6.45, 7) is -1.94. The number of carbonyl (C=O) groups excluding carboxylic acids is 5. The van der Waals surface area contributed by atoms with Crippen LogP contribution >= 0.6 is 25.9 Å². The van der Waals surface area contributed by atoms with Crippen molar-refractivity contribution in [2.24, 2.45) is 5.73 Å². The average molecular weight is 1050 g/mol. The Morgan fingerprint density at radius 2 is 1.28 bits per heavy atom. The normalized spacial score (nSPS) is 26.0. The lowest BCUT2D eigenvalue weighted by Gasteiger charge is -2.45. The molecular weight excluding hydrogens is 984 g/mol. The van der Waals surface area contributed by atoms with Crippen LogP contribution < -0.4 is 17.2 Å². The maximum atomic E-state index is 16.2. The number of unbranched alkanes of at least 4 members (excludes halogenated alkanes) is 14. The number of alkyl halides is 1. The zero-order chi connectivity index (χ0) is 50.8. The molecule has 0 radical (unpaired) electrons. The van der Waals surface area contributed by atoms with Crippen LogP contribution in [0, 0.1) is 0 Å². The van der Waals surface area contributed by atoms with E-state index >= 15 is 4.39 Å². The van der Waals surface area contributed by atoms with Crippen molar-refractivity contribution in [3.8, 4) is 0 Å². The summed E-state index contributed by atoms with van der Waals surface area (Å²) in [5.41, 5.74) is 17.0. The number of nitrogens with two attached hydrogens (primary N) is 3. The first-order chi connectivity index (χ1) is 32.0. The number of aliphatic hydroxyl groups excluding tert-OH is 2. The van der Waals surface area contributed by atoms with Gasteiger partial charge in [-0.3, -0.25) is 28.5 Å². The number of amides is 1. The highest BCUT2D eigenvalue weighted by Crippen LogP contribution is 2.62. The van der Waals surface area contributed by atoms with E-state index in [-0.39, 0.29) is 27.5 Å². The topological polar surface area (TPSA) is 344 Å². The molecule has 27 heteroatoms. The molecule has 1 amide bonds. The number of rotatable bonds is 31. The molecule has 3 rings (SSSR count). The van der Waals surface area contributed by atoms with Gasteiger partial charge in [0, 0.05) is 32.8 Å². The van der Waals surface area contributed by atoms with E-state index < -0.39 is 119 Å². The van der Waals surface area contributed by atoms with Crippen molar-refractivity contribution in [1.29, 1.82) is 0 Å². The predicted molar refractivity (Wildman–Crippen MR) is 246 cm³/mol. The molecule has 0 aliphatic carbocycles. The molecule has 2 aliphatic rings. The number of primary amides is 1. The molecule has 5 unspecified atom stereocenters. The van der Waals surface area contributed by atoms with Crippen LogP contribution in [0.5, 0.6) is 0 Å². The molecule has 12 atom stereocenters. The van der Waals surface area contributed by atoms with Gasteiger partial charge in [0.25, 0.3) is 5.91 Å². The number of halogens is 1. The number of thiophene rings is 1. The third-order valence-corrected chi connectivity index (χ3v) is 15.5. The largest absolute Gasteiger partial charge is 0.481 e. The molecule has 1 aromatic heterocycles. The van der Waals surface area contributed by atoms with Crippen molar-refractivity contribution in [1.82, 2.24) is 0 Å². The Morgan fingerprint density at radius 3 is 1.78 bits per heavy atom. The average Bonchev–Trinajstić information content (AvgIpc) is 3.69. The quantitative estimate of drug-likeness (QED) is 0.0217. The van der Waals surface area contributed by atoms with Crippen molar-refractivity contribution >= 4 is 78.2 Å². The molecule has 68 heavy (non-hydrogen) atoms. The zero-order valence-electron chi connectivity index (χ0n) is 38.7. The van der Waals surface area contributed by atoms with Crippen LogP contribution in [0.3, 0.4) is 0 Å². The number of hydrogen-bond donors (Lipinski definition) is 7. The number of phosphoric ester groups is 1. The molecule has 3 heterocycles. The lowest BCUT2D eigenvalue weighted by Crippen LogP contribution is -2.64. The molecule has 1 aromatic rings. The van der Waals surface area contributed by atoms with E-state index in [4.69, 9.17) is 70.8 Å². The zero-order valence-corrected chi connectivity index (χ0v) is 42.2. The standard InChI is InChI=1S/C41H68FN3O19P2S2/c1-5-6-7-8-9-10-11-12-13-14-15-16-17-18-19-20-28(49)56-21-26(42)33-35(58-23(2)46)36(59-24(3)47)37(60-25(4)48)41(62-33)63-65(53,54)64-66(55,67)57-22-27-31(50)32(51)34(61-27)29-30(43)38(39(44)52)68-40(29)45/h26-27,31-37,41,50-51H,5-22,43,45H2,1-4H3,(H2,44,52)(H,53,54)(H,55,67)/t26-,27+,31-,32?,33?,34-,35+,36?,37+,41-,66?/m0/s1. The summed E-state index contributed by atoms with van der Waals surface area (Å²) >= 11 is 5.58. The van der Waals surface area contributed by atoms with Gasteiger partial charge in [-0.05, 0) is 18.2 Å². The Hall–Kier alpha value is -2.90. The minimum Gasteiger partial charge on any atom is -0.462 e. The van der Waals surface area contributed by atoms with Gasteiger partial charge >= 0.3 is 38.4 Å². The van der Waals surface area contributed by atoms with E-state index in [1.54, 1.807) is 0 Å². The monoisotopic (exact) mass is 1050 g/mol. The van der Waals surface area contributed by atoms with Gasteiger partial charge in [0.05, 0.1) is 17.3 Å². The Bertz CT molecular complexity index is 1920. The second-order valence-corrected chi connectivity index (χ2v) is 22.0. The number of ether oxygens (including phenoxy) is 6. The molecule has 10 N–H and O–H groups in total. The van der Waals surface area contributed by atoms with Crippen LogP contribution in [0.15, 0.2) is 0 Å². The van der Waals surface area contributed by atoms with Crippen LogP contribution in [-0.4, -0.2) is 118 Å². The van der Waals surface area contributed by atoms with Gasteiger partial charge in [-0.25, -0.2) is 13.3 Å². The van der Waals surface area contributed by atoms with Crippen molar-refractivity contribution in [2.45, 2.75) is 192 Å². The van der Waals surface area contributed by atoms with E-state index in [1.807, 2.05) is 0 Å². The summed E-state index contributed by atoms with van der Waals surface area (Å²) in [4.78, 5) is 82.7. The number of carbonyl (C=O) groups is 5. The smallest absolute Gasteiger partial charge is 0.462 e. The summed E-state index contributed by atoms with van der Waals surface area (Å²) in [5.74, 6) is -4.94.